The molecule has 1 aromatic rings. The molecule has 0 saturated heterocycles. The maximum absolute atomic E-state index is 11.5. The van der Waals surface area contributed by atoms with Gasteiger partial charge in [-0.15, -0.1) is 0 Å². The average Bonchev–Trinajstić information content (AvgIpc) is 2.87. The summed E-state index contributed by atoms with van der Waals surface area (Å²) in [4.78, 5) is 22.6. The minimum absolute atomic E-state index is 0.0235. The van der Waals surface area contributed by atoms with Crippen LogP contribution >= 0.6 is 0 Å². The van der Waals surface area contributed by atoms with E-state index < -0.39 is 0 Å². The second kappa shape index (κ2) is 7.50. The van der Waals surface area contributed by atoms with E-state index in [9.17, 15) is 9.59 Å². The van der Waals surface area contributed by atoms with Gasteiger partial charge in [0.1, 0.15) is 6.04 Å². The lowest BCUT2D eigenvalue weighted by Crippen LogP contribution is -2.87. The van der Waals surface area contributed by atoms with Crippen molar-refractivity contribution in [2.45, 2.75) is 19.9 Å². The number of nitrogens with one attached hydrogen (secondary N) is 2. The summed E-state index contributed by atoms with van der Waals surface area (Å²) in [6, 6.07) is 3.76. The zero-order chi connectivity index (χ0) is 13.4. The Morgan fingerprint density at radius 3 is 2.78 bits per heavy atom. The second-order valence-electron chi connectivity index (χ2n) is 3.97. The number of carbonyl (C=O) groups is 2. The van der Waals surface area contributed by atoms with Gasteiger partial charge in [0.2, 0.25) is 5.91 Å². The fourth-order valence-electron chi connectivity index (χ4n) is 1.46. The molecule has 0 unspecified atom stereocenters. The van der Waals surface area contributed by atoms with Crippen LogP contribution in [-0.4, -0.2) is 31.4 Å². The van der Waals surface area contributed by atoms with Crippen LogP contribution in [0.3, 0.4) is 0 Å². The van der Waals surface area contributed by atoms with Gasteiger partial charge in [-0.05, 0) is 26.0 Å². The first-order valence-corrected chi connectivity index (χ1v) is 6.03. The summed E-state index contributed by atoms with van der Waals surface area (Å²) < 4.78 is 5.23. The monoisotopic (exact) mass is 254 g/mol. The van der Waals surface area contributed by atoms with Crippen molar-refractivity contribution in [1.82, 2.24) is 10.6 Å². The van der Waals surface area contributed by atoms with Gasteiger partial charge in [0.05, 0.1) is 12.8 Å². The molecular weight excluding hydrogens is 234 g/mol. The number of rotatable bonds is 7. The Morgan fingerprint density at radius 2 is 2.17 bits per heavy atom. The fraction of sp³-hybridized carbons (Fsp3) is 0.500. The molecule has 6 heteroatoms. The zero-order valence-corrected chi connectivity index (χ0v) is 10.7. The highest BCUT2D eigenvalue weighted by atomic mass is 16.3. The molecule has 1 atom stereocenters. The number of likely N-dealkylation sites (N-methyl/N-ethyl adjacent to an activating group) is 1. The number of furan rings is 1. The van der Waals surface area contributed by atoms with E-state index in [4.69, 9.17) is 4.42 Å². The van der Waals surface area contributed by atoms with Gasteiger partial charge in [0.25, 0.3) is 5.91 Å². The molecule has 0 aliphatic carbocycles. The Balaban J connectivity index is 2.19. The van der Waals surface area contributed by atoms with Gasteiger partial charge in [-0.2, -0.15) is 0 Å². The van der Waals surface area contributed by atoms with E-state index in [1.165, 1.54) is 0 Å². The average molecular weight is 254 g/mol. The Kier molecular flexibility index (Phi) is 5.93. The van der Waals surface area contributed by atoms with Crippen LogP contribution in [0.25, 0.3) is 0 Å². The molecule has 100 valence electrons. The number of nitrogens with two attached hydrogens (primary N) is 1. The molecule has 1 aromatic heterocycles. The van der Waals surface area contributed by atoms with Crippen molar-refractivity contribution in [3.05, 3.63) is 24.2 Å². The van der Waals surface area contributed by atoms with E-state index in [1.807, 2.05) is 31.3 Å². The van der Waals surface area contributed by atoms with Gasteiger partial charge < -0.3 is 20.4 Å². The van der Waals surface area contributed by atoms with E-state index in [1.54, 1.807) is 6.26 Å². The Labute approximate surface area is 106 Å². The van der Waals surface area contributed by atoms with Crippen molar-refractivity contribution in [2.75, 3.05) is 19.6 Å². The third-order valence-electron chi connectivity index (χ3n) is 2.47. The fourth-order valence-corrected chi connectivity index (χ4v) is 1.46. The summed E-state index contributed by atoms with van der Waals surface area (Å²) in [5.41, 5.74) is 0. The van der Waals surface area contributed by atoms with Crippen LogP contribution in [-0.2, 0) is 9.59 Å². The van der Waals surface area contributed by atoms with Gasteiger partial charge in [0.15, 0.2) is 12.3 Å². The normalized spacial score (nSPS) is 11.9. The zero-order valence-electron chi connectivity index (χ0n) is 10.7. The largest absolute Gasteiger partial charge is 0.463 e. The molecule has 0 spiro atoms. The molecule has 6 nitrogen and oxygen atoms in total. The van der Waals surface area contributed by atoms with E-state index in [0.717, 1.165) is 5.76 Å². The van der Waals surface area contributed by atoms with Gasteiger partial charge in [-0.1, -0.05) is 0 Å². The molecule has 18 heavy (non-hydrogen) atoms. The van der Waals surface area contributed by atoms with Crippen molar-refractivity contribution in [3.63, 3.8) is 0 Å². The maximum Gasteiger partial charge on any atom is 0.275 e. The summed E-state index contributed by atoms with van der Waals surface area (Å²) >= 11 is 0. The molecule has 0 fully saturated rings. The predicted molar refractivity (Wildman–Crippen MR) is 65.6 cm³/mol. The van der Waals surface area contributed by atoms with Crippen LogP contribution in [0.2, 0.25) is 0 Å². The topological polar surface area (TPSA) is 88.0 Å². The van der Waals surface area contributed by atoms with Gasteiger partial charge in [0, 0.05) is 6.54 Å². The standard InChI is InChI=1S/C12H19N3O3/c1-3-13-11(16)8-15-12(17)7-14-9(2)10-5-4-6-18-10/h4-6,9,14H,3,7-8H2,1-2H3,(H,13,16)(H,15,17)/p+1/t9-/m1/s1. The first-order valence-electron chi connectivity index (χ1n) is 6.03. The lowest BCUT2D eigenvalue weighted by molar-refractivity contribution is -0.684. The summed E-state index contributed by atoms with van der Waals surface area (Å²) in [5, 5.41) is 7.02. The number of carbonyl (C=O) groups excluding carboxylic acids is 2. The minimum atomic E-state index is -0.176. The summed E-state index contributed by atoms with van der Waals surface area (Å²) in [5.74, 6) is 0.483. The number of amides is 2. The molecule has 4 N–H and O–H groups in total. The van der Waals surface area contributed by atoms with Gasteiger partial charge in [-0.25, -0.2) is 0 Å². The molecule has 0 aromatic carbocycles. The highest BCUT2D eigenvalue weighted by Crippen LogP contribution is 2.06. The van der Waals surface area contributed by atoms with Crippen LogP contribution in [0.4, 0.5) is 0 Å². The third kappa shape index (κ3) is 5.01. The van der Waals surface area contributed by atoms with Crippen LogP contribution in [0, 0.1) is 0 Å². The van der Waals surface area contributed by atoms with Crippen molar-refractivity contribution < 1.29 is 19.3 Å². The number of hydrogen-bond donors (Lipinski definition) is 3. The summed E-state index contributed by atoms with van der Waals surface area (Å²) in [6.45, 7) is 4.64. The first-order chi connectivity index (χ1) is 8.63. The highest BCUT2D eigenvalue weighted by molar-refractivity contribution is 5.84. The maximum atomic E-state index is 11.5. The molecule has 1 rings (SSSR count). The van der Waals surface area contributed by atoms with Crippen LogP contribution < -0.4 is 16.0 Å². The van der Waals surface area contributed by atoms with Crippen LogP contribution in [0.5, 0.6) is 0 Å². The number of quaternary nitrogens is 1. The molecule has 0 radical (unpaired) electrons. The summed E-state index contributed by atoms with van der Waals surface area (Å²) in [7, 11) is 0. The van der Waals surface area contributed by atoms with E-state index in [0.29, 0.717) is 6.54 Å². The van der Waals surface area contributed by atoms with Crippen molar-refractivity contribution >= 4 is 11.8 Å². The lowest BCUT2D eigenvalue weighted by Gasteiger charge is -2.08. The SMILES string of the molecule is CCNC(=O)CNC(=O)C[NH2+][C@H](C)c1ccco1. The Hall–Kier alpha value is -1.82. The quantitative estimate of drug-likeness (QED) is 0.592. The van der Waals surface area contributed by atoms with Crippen molar-refractivity contribution in [2.24, 2.45) is 0 Å². The van der Waals surface area contributed by atoms with Crippen LogP contribution in [0.15, 0.2) is 22.8 Å². The Morgan fingerprint density at radius 1 is 1.39 bits per heavy atom. The van der Waals surface area contributed by atoms with E-state index in [2.05, 4.69) is 10.6 Å². The smallest absolute Gasteiger partial charge is 0.275 e. The third-order valence-corrected chi connectivity index (χ3v) is 2.47. The molecule has 2 amide bonds. The van der Waals surface area contributed by atoms with Gasteiger partial charge in [-0.3, -0.25) is 9.59 Å². The minimum Gasteiger partial charge on any atom is -0.463 e. The molecule has 0 aliphatic heterocycles. The lowest BCUT2D eigenvalue weighted by atomic mass is 10.2. The van der Waals surface area contributed by atoms with Crippen molar-refractivity contribution in [3.8, 4) is 0 Å². The van der Waals surface area contributed by atoms with Crippen molar-refractivity contribution in [1.29, 1.82) is 0 Å². The van der Waals surface area contributed by atoms with E-state index in [-0.39, 0.29) is 30.9 Å². The highest BCUT2D eigenvalue weighted by Gasteiger charge is 2.13. The van der Waals surface area contributed by atoms with Crippen LogP contribution in [0.1, 0.15) is 25.6 Å². The second-order valence-corrected chi connectivity index (χ2v) is 3.97. The molecule has 0 saturated carbocycles. The molecule has 1 heterocycles. The molecule has 0 aliphatic rings. The summed E-state index contributed by atoms with van der Waals surface area (Å²) in [6.07, 6.45) is 1.61. The molecule has 0 bridgehead atoms. The predicted octanol–water partition coefficient (Wildman–Crippen LogP) is -0.844. The Bertz CT molecular complexity index is 376. The first kappa shape index (κ1) is 14.2. The van der Waals surface area contributed by atoms with Gasteiger partial charge >= 0.3 is 0 Å². The molecular formula is C12H20N3O3+. The number of hydrogen-bond acceptors (Lipinski definition) is 3. The van der Waals surface area contributed by atoms with E-state index >= 15 is 0 Å².